The van der Waals surface area contributed by atoms with Crippen molar-refractivity contribution < 1.29 is 8.42 Å². The van der Waals surface area contributed by atoms with E-state index in [9.17, 15) is 8.42 Å². The molecule has 0 amide bonds. The van der Waals surface area contributed by atoms with Gasteiger partial charge in [-0.05, 0) is 37.7 Å². The fourth-order valence-electron chi connectivity index (χ4n) is 3.75. The average molecular weight is 322 g/mol. The molecule has 7 heteroatoms. The number of rotatable bonds is 4. The molecule has 0 spiro atoms. The third-order valence-electron chi connectivity index (χ3n) is 5.15. The van der Waals surface area contributed by atoms with Crippen LogP contribution in [0.5, 0.6) is 0 Å². The zero-order valence-corrected chi connectivity index (χ0v) is 13.7. The van der Waals surface area contributed by atoms with Crippen molar-refractivity contribution in [1.82, 2.24) is 14.3 Å². The zero-order chi connectivity index (χ0) is 15.3. The van der Waals surface area contributed by atoms with E-state index < -0.39 is 10.0 Å². The number of aryl methyl sites for hydroxylation is 1. The van der Waals surface area contributed by atoms with Gasteiger partial charge in [0.25, 0.3) is 0 Å². The Morgan fingerprint density at radius 1 is 1.09 bits per heavy atom. The molecular weight excluding hydrogens is 300 g/mol. The van der Waals surface area contributed by atoms with Gasteiger partial charge < -0.3 is 4.90 Å². The van der Waals surface area contributed by atoms with Crippen molar-refractivity contribution in [3.05, 3.63) is 18.0 Å². The molecule has 0 radical (unpaired) electrons. The minimum Gasteiger partial charge on any atom is -0.336 e. The van der Waals surface area contributed by atoms with Crippen molar-refractivity contribution in [3.63, 3.8) is 0 Å². The van der Waals surface area contributed by atoms with Crippen LogP contribution in [0.4, 0.5) is 5.95 Å². The fraction of sp³-hybridized carbons (Fsp3) is 0.733. The van der Waals surface area contributed by atoms with Crippen LogP contribution in [0.25, 0.3) is 0 Å². The highest BCUT2D eigenvalue weighted by molar-refractivity contribution is 7.90. The SMILES string of the molecule is CCc1cnc(N2CC[C@H]3[C@H]2CCN3S(=O)(=O)C2CC2)nc1. The van der Waals surface area contributed by atoms with Crippen LogP contribution >= 0.6 is 0 Å². The molecule has 0 N–H and O–H groups in total. The van der Waals surface area contributed by atoms with Gasteiger partial charge in [-0.2, -0.15) is 4.31 Å². The van der Waals surface area contributed by atoms with Gasteiger partial charge in [0, 0.05) is 37.6 Å². The number of hydrogen-bond acceptors (Lipinski definition) is 5. The summed E-state index contributed by atoms with van der Waals surface area (Å²) in [5.74, 6) is 0.746. The number of hydrogen-bond donors (Lipinski definition) is 0. The van der Waals surface area contributed by atoms with Gasteiger partial charge in [0.05, 0.1) is 5.25 Å². The van der Waals surface area contributed by atoms with E-state index in [1.54, 1.807) is 4.31 Å². The topological polar surface area (TPSA) is 66.4 Å². The predicted molar refractivity (Wildman–Crippen MR) is 84.2 cm³/mol. The van der Waals surface area contributed by atoms with E-state index in [1.165, 1.54) is 0 Å². The zero-order valence-electron chi connectivity index (χ0n) is 12.9. The Bertz CT molecular complexity index is 657. The van der Waals surface area contributed by atoms with Crippen molar-refractivity contribution in [2.75, 3.05) is 18.0 Å². The Morgan fingerprint density at radius 2 is 1.77 bits per heavy atom. The van der Waals surface area contributed by atoms with E-state index in [0.29, 0.717) is 6.54 Å². The van der Waals surface area contributed by atoms with Gasteiger partial charge in [0.15, 0.2) is 0 Å². The lowest BCUT2D eigenvalue weighted by atomic mass is 10.1. The van der Waals surface area contributed by atoms with Crippen LogP contribution in [0.2, 0.25) is 0 Å². The summed E-state index contributed by atoms with van der Waals surface area (Å²) in [7, 11) is -3.07. The molecule has 1 aliphatic carbocycles. The van der Waals surface area contributed by atoms with Crippen molar-refractivity contribution in [2.45, 2.75) is 56.4 Å². The third kappa shape index (κ3) is 2.22. The molecule has 4 rings (SSSR count). The summed E-state index contributed by atoms with van der Waals surface area (Å²) in [6.45, 7) is 3.58. The molecule has 1 aromatic rings. The van der Waals surface area contributed by atoms with Gasteiger partial charge in [0.1, 0.15) is 0 Å². The van der Waals surface area contributed by atoms with Gasteiger partial charge >= 0.3 is 0 Å². The summed E-state index contributed by atoms with van der Waals surface area (Å²) >= 11 is 0. The van der Waals surface area contributed by atoms with E-state index >= 15 is 0 Å². The lowest BCUT2D eigenvalue weighted by Crippen LogP contribution is -2.41. The molecule has 3 fully saturated rings. The molecular formula is C15H22N4O2S. The Balaban J connectivity index is 1.54. The molecule has 2 saturated heterocycles. The minimum atomic E-state index is -3.07. The second kappa shape index (κ2) is 5.16. The molecule has 22 heavy (non-hydrogen) atoms. The van der Waals surface area contributed by atoms with Crippen LogP contribution in [0.3, 0.4) is 0 Å². The Hall–Kier alpha value is -1.21. The monoisotopic (exact) mass is 322 g/mol. The van der Waals surface area contributed by atoms with Gasteiger partial charge in [-0.1, -0.05) is 6.92 Å². The minimum absolute atomic E-state index is 0.111. The highest BCUT2D eigenvalue weighted by Gasteiger charge is 2.51. The number of aromatic nitrogens is 2. The smallest absolute Gasteiger partial charge is 0.225 e. The number of nitrogens with zero attached hydrogens (tertiary/aromatic N) is 4. The maximum Gasteiger partial charge on any atom is 0.225 e. The molecule has 3 aliphatic rings. The van der Waals surface area contributed by atoms with Gasteiger partial charge in [0.2, 0.25) is 16.0 Å². The summed E-state index contributed by atoms with van der Waals surface area (Å²) in [5.41, 5.74) is 1.13. The number of anilines is 1. The maximum atomic E-state index is 12.5. The van der Waals surface area contributed by atoms with Crippen molar-refractivity contribution in [3.8, 4) is 0 Å². The number of sulfonamides is 1. The molecule has 0 unspecified atom stereocenters. The molecule has 2 aliphatic heterocycles. The van der Waals surface area contributed by atoms with Crippen LogP contribution < -0.4 is 4.90 Å². The van der Waals surface area contributed by atoms with Crippen molar-refractivity contribution in [1.29, 1.82) is 0 Å². The van der Waals surface area contributed by atoms with Gasteiger partial charge in [-0.25, -0.2) is 18.4 Å². The highest BCUT2D eigenvalue weighted by Crippen LogP contribution is 2.40. The molecule has 120 valence electrons. The lowest BCUT2D eigenvalue weighted by Gasteiger charge is -2.25. The maximum absolute atomic E-state index is 12.5. The summed E-state index contributed by atoms with van der Waals surface area (Å²) in [6, 6.07) is 0.348. The van der Waals surface area contributed by atoms with Crippen LogP contribution in [0.1, 0.15) is 38.2 Å². The summed E-state index contributed by atoms with van der Waals surface area (Å²) in [4.78, 5) is 11.1. The second-order valence-corrected chi connectivity index (χ2v) is 8.67. The van der Waals surface area contributed by atoms with Gasteiger partial charge in [-0.15, -0.1) is 0 Å². The van der Waals surface area contributed by atoms with E-state index in [2.05, 4.69) is 21.8 Å². The first-order valence-corrected chi connectivity index (χ1v) is 9.70. The molecule has 2 atom stereocenters. The lowest BCUT2D eigenvalue weighted by molar-refractivity contribution is 0.387. The van der Waals surface area contributed by atoms with E-state index in [4.69, 9.17) is 0 Å². The molecule has 0 bridgehead atoms. The van der Waals surface area contributed by atoms with Crippen molar-refractivity contribution in [2.24, 2.45) is 0 Å². The van der Waals surface area contributed by atoms with Crippen LogP contribution in [-0.2, 0) is 16.4 Å². The summed E-state index contributed by atoms with van der Waals surface area (Å²) < 4.78 is 26.9. The molecule has 6 nitrogen and oxygen atoms in total. The first kappa shape index (κ1) is 14.4. The molecule has 1 saturated carbocycles. The molecule has 1 aromatic heterocycles. The normalized spacial score (nSPS) is 29.0. The van der Waals surface area contributed by atoms with Crippen LogP contribution in [0.15, 0.2) is 12.4 Å². The van der Waals surface area contributed by atoms with Gasteiger partial charge in [-0.3, -0.25) is 0 Å². The third-order valence-corrected chi connectivity index (χ3v) is 7.58. The van der Waals surface area contributed by atoms with Crippen LogP contribution in [-0.4, -0.2) is 53.1 Å². The Labute approximate surface area is 131 Å². The van der Waals surface area contributed by atoms with E-state index in [1.807, 2.05) is 12.4 Å². The molecule has 0 aromatic carbocycles. The second-order valence-electron chi connectivity index (χ2n) is 6.51. The largest absolute Gasteiger partial charge is 0.336 e. The first-order chi connectivity index (χ1) is 10.6. The first-order valence-electron chi connectivity index (χ1n) is 8.19. The standard InChI is InChI=1S/C15H22N4O2S/c1-2-11-9-16-15(17-10-11)18-7-5-14-13(18)6-8-19(14)22(20,21)12-3-4-12/h9-10,12-14H,2-8H2,1H3/t13-,14+/m1/s1. The summed E-state index contributed by atoms with van der Waals surface area (Å²) in [6.07, 6.45) is 8.13. The Morgan fingerprint density at radius 3 is 2.41 bits per heavy atom. The average Bonchev–Trinajstić information content (AvgIpc) is 3.18. The number of fused-ring (bicyclic) bond motifs is 1. The van der Waals surface area contributed by atoms with Crippen molar-refractivity contribution >= 4 is 16.0 Å². The van der Waals surface area contributed by atoms with E-state index in [-0.39, 0.29) is 17.3 Å². The fourth-order valence-corrected chi connectivity index (χ4v) is 5.85. The van der Waals surface area contributed by atoms with Crippen LogP contribution in [0, 0.1) is 0 Å². The van der Waals surface area contributed by atoms with E-state index in [0.717, 1.165) is 50.2 Å². The predicted octanol–water partition coefficient (Wildman–Crippen LogP) is 1.18. The molecule has 3 heterocycles. The highest BCUT2D eigenvalue weighted by atomic mass is 32.2. The quantitative estimate of drug-likeness (QED) is 0.833. The Kier molecular flexibility index (Phi) is 3.38. The summed E-state index contributed by atoms with van der Waals surface area (Å²) in [5, 5.41) is -0.111.